The van der Waals surface area contributed by atoms with E-state index in [0.29, 0.717) is 17.5 Å². The Balaban J connectivity index is 2.57. The molecular weight excluding hydrogens is 174 g/mol. The van der Waals surface area contributed by atoms with E-state index in [-0.39, 0.29) is 0 Å². The van der Waals surface area contributed by atoms with Gasteiger partial charge in [0, 0.05) is 6.42 Å². The van der Waals surface area contributed by atoms with E-state index in [1.807, 2.05) is 0 Å². The molecule has 1 aromatic heterocycles. The monoisotopic (exact) mass is 185 g/mol. The largest absolute Gasteiger partial charge is 0.303 e. The highest BCUT2D eigenvalue weighted by Gasteiger charge is 2.04. The van der Waals surface area contributed by atoms with Crippen LogP contribution in [0.2, 0.25) is 0 Å². The van der Waals surface area contributed by atoms with E-state index in [2.05, 4.69) is 29.4 Å². The first-order valence-electron chi connectivity index (χ1n) is 3.75. The first-order valence-corrected chi connectivity index (χ1v) is 4.56. The molecule has 1 heterocycles. The van der Waals surface area contributed by atoms with E-state index in [9.17, 15) is 4.79 Å². The Bertz CT molecular complexity index is 259. The molecule has 0 aliphatic heterocycles. The third-order valence-electron chi connectivity index (χ3n) is 1.23. The Morgan fingerprint density at radius 3 is 2.92 bits per heavy atom. The normalized spacial score (nSPS) is 10.2. The number of carbonyl (C=O) groups is 1. The molecule has 0 aromatic carbocycles. The van der Waals surface area contributed by atoms with E-state index >= 15 is 0 Å². The van der Waals surface area contributed by atoms with E-state index in [4.69, 9.17) is 0 Å². The van der Waals surface area contributed by atoms with Crippen LogP contribution in [0.4, 0.5) is 5.13 Å². The molecule has 5 heteroatoms. The third-order valence-corrected chi connectivity index (χ3v) is 2.11. The molecule has 12 heavy (non-hydrogen) atoms. The van der Waals surface area contributed by atoms with Gasteiger partial charge in [0.2, 0.25) is 11.5 Å². The molecule has 1 N–H and O–H groups in total. The van der Waals surface area contributed by atoms with Crippen LogP contribution < -0.4 is 5.32 Å². The third kappa shape index (κ3) is 2.58. The van der Waals surface area contributed by atoms with E-state index < -0.39 is 0 Å². The highest BCUT2D eigenvalue weighted by Crippen LogP contribution is 2.17. The molecule has 0 aliphatic carbocycles. The summed E-state index contributed by atoms with van der Waals surface area (Å²) < 4.78 is 0. The highest BCUT2D eigenvalue weighted by atomic mass is 32.1. The van der Waals surface area contributed by atoms with Crippen molar-refractivity contribution >= 4 is 22.9 Å². The molecule has 4 nitrogen and oxygen atoms in total. The average Bonchev–Trinajstić information content (AvgIpc) is 2.36. The summed E-state index contributed by atoms with van der Waals surface area (Å²) in [7, 11) is 0. The summed E-state index contributed by atoms with van der Waals surface area (Å²) in [4.78, 5) is 10.0. The van der Waals surface area contributed by atoms with Crippen LogP contribution in [-0.4, -0.2) is 16.6 Å². The minimum atomic E-state index is 0.570. The number of aromatic nitrogens is 2. The lowest BCUT2D eigenvalue weighted by molar-refractivity contribution is -0.105. The van der Waals surface area contributed by atoms with Gasteiger partial charge in [0.25, 0.3) is 0 Å². The summed E-state index contributed by atoms with van der Waals surface area (Å²) in [5, 5.41) is 11.7. The minimum Gasteiger partial charge on any atom is -0.303 e. The number of amides is 1. The van der Waals surface area contributed by atoms with Crippen molar-refractivity contribution in [1.29, 1.82) is 0 Å². The number of nitrogens with zero attached hydrogens (tertiary/aromatic N) is 2. The van der Waals surface area contributed by atoms with Gasteiger partial charge in [-0.15, -0.1) is 10.2 Å². The van der Waals surface area contributed by atoms with Gasteiger partial charge in [-0.1, -0.05) is 25.2 Å². The van der Waals surface area contributed by atoms with Crippen molar-refractivity contribution in [3.05, 3.63) is 5.01 Å². The van der Waals surface area contributed by atoms with Gasteiger partial charge in [-0.2, -0.15) is 0 Å². The molecular formula is C7H11N3OS. The molecule has 1 rings (SSSR count). The zero-order valence-electron chi connectivity index (χ0n) is 7.07. The molecule has 0 aliphatic rings. The predicted octanol–water partition coefficient (Wildman–Crippen LogP) is 1.30. The maximum absolute atomic E-state index is 10.0. The molecule has 0 bridgehead atoms. The van der Waals surface area contributed by atoms with Crippen LogP contribution in [0.25, 0.3) is 0 Å². The van der Waals surface area contributed by atoms with E-state index in [0.717, 1.165) is 11.4 Å². The zero-order chi connectivity index (χ0) is 8.97. The second-order valence-electron chi connectivity index (χ2n) is 2.86. The Hall–Kier alpha value is -0.970. The van der Waals surface area contributed by atoms with Gasteiger partial charge in [-0.3, -0.25) is 4.79 Å². The summed E-state index contributed by atoms with van der Waals surface area (Å²) in [5.41, 5.74) is 0. The van der Waals surface area contributed by atoms with Crippen LogP contribution >= 0.6 is 11.3 Å². The maximum atomic E-state index is 10.0. The quantitative estimate of drug-likeness (QED) is 0.719. The number of hydrogen-bond acceptors (Lipinski definition) is 4. The fraction of sp³-hybridized carbons (Fsp3) is 0.571. The van der Waals surface area contributed by atoms with Crippen molar-refractivity contribution in [1.82, 2.24) is 10.2 Å². The summed E-state index contributed by atoms with van der Waals surface area (Å²) >= 11 is 1.42. The van der Waals surface area contributed by atoms with Crippen LogP contribution in [-0.2, 0) is 11.2 Å². The molecule has 1 amide bonds. The molecule has 0 saturated carbocycles. The van der Waals surface area contributed by atoms with Crippen molar-refractivity contribution in [3.63, 3.8) is 0 Å². The number of hydrogen-bond donors (Lipinski definition) is 1. The van der Waals surface area contributed by atoms with Crippen molar-refractivity contribution < 1.29 is 4.79 Å². The minimum absolute atomic E-state index is 0.570. The van der Waals surface area contributed by atoms with Gasteiger partial charge >= 0.3 is 0 Å². The van der Waals surface area contributed by atoms with Gasteiger partial charge in [0.15, 0.2) is 0 Å². The molecule has 0 atom stereocenters. The van der Waals surface area contributed by atoms with Gasteiger partial charge in [-0.25, -0.2) is 0 Å². The number of rotatable bonds is 4. The topological polar surface area (TPSA) is 54.9 Å². The zero-order valence-corrected chi connectivity index (χ0v) is 7.89. The summed E-state index contributed by atoms with van der Waals surface area (Å²) in [6, 6.07) is 0. The first-order chi connectivity index (χ1) is 5.72. The summed E-state index contributed by atoms with van der Waals surface area (Å²) in [6.45, 7) is 4.24. The van der Waals surface area contributed by atoms with Gasteiger partial charge < -0.3 is 5.32 Å². The SMILES string of the molecule is CC(C)Cc1nnc(NC=O)s1. The summed E-state index contributed by atoms with van der Waals surface area (Å²) in [6.07, 6.45) is 1.53. The van der Waals surface area contributed by atoms with Crippen LogP contribution in [0.1, 0.15) is 18.9 Å². The van der Waals surface area contributed by atoms with Crippen LogP contribution in [0.3, 0.4) is 0 Å². The Labute approximate surface area is 75.0 Å². The van der Waals surface area contributed by atoms with Gasteiger partial charge in [0.05, 0.1) is 0 Å². The molecule has 1 aromatic rings. The molecule has 0 fully saturated rings. The number of carbonyl (C=O) groups excluding carboxylic acids is 1. The van der Waals surface area contributed by atoms with Crippen LogP contribution in [0.15, 0.2) is 0 Å². The van der Waals surface area contributed by atoms with Crippen molar-refractivity contribution in [2.45, 2.75) is 20.3 Å². The van der Waals surface area contributed by atoms with Crippen LogP contribution in [0.5, 0.6) is 0 Å². The molecule has 0 saturated heterocycles. The highest BCUT2D eigenvalue weighted by molar-refractivity contribution is 7.15. The van der Waals surface area contributed by atoms with E-state index in [1.54, 1.807) is 0 Å². The Morgan fingerprint density at radius 2 is 2.33 bits per heavy atom. The van der Waals surface area contributed by atoms with Gasteiger partial charge in [0.1, 0.15) is 5.01 Å². The lowest BCUT2D eigenvalue weighted by Gasteiger charge is -1.96. The van der Waals surface area contributed by atoms with Crippen molar-refractivity contribution in [2.24, 2.45) is 5.92 Å². The Morgan fingerprint density at radius 1 is 1.58 bits per heavy atom. The fourth-order valence-corrected chi connectivity index (χ4v) is 1.70. The fourth-order valence-electron chi connectivity index (χ4n) is 0.794. The number of anilines is 1. The standard InChI is InChI=1S/C7H11N3OS/c1-5(2)3-6-9-10-7(12-6)8-4-11/h4-5H,3H2,1-2H3,(H,8,10,11). The molecule has 0 spiro atoms. The van der Waals surface area contributed by atoms with Crippen molar-refractivity contribution in [2.75, 3.05) is 5.32 Å². The van der Waals surface area contributed by atoms with Crippen molar-refractivity contribution in [3.8, 4) is 0 Å². The molecule has 66 valence electrons. The number of nitrogens with one attached hydrogen (secondary N) is 1. The second-order valence-corrected chi connectivity index (χ2v) is 3.92. The smallest absolute Gasteiger partial charge is 0.213 e. The van der Waals surface area contributed by atoms with Crippen LogP contribution in [0, 0.1) is 5.92 Å². The molecule has 0 radical (unpaired) electrons. The summed E-state index contributed by atoms with van der Waals surface area (Å²) in [5.74, 6) is 0.571. The molecule has 0 unspecified atom stereocenters. The Kier molecular flexibility index (Phi) is 3.16. The van der Waals surface area contributed by atoms with Gasteiger partial charge in [-0.05, 0) is 5.92 Å². The van der Waals surface area contributed by atoms with E-state index in [1.165, 1.54) is 11.3 Å². The second kappa shape index (κ2) is 4.15. The predicted molar refractivity (Wildman–Crippen MR) is 48.1 cm³/mol. The average molecular weight is 185 g/mol. The first kappa shape index (κ1) is 9.12. The lowest BCUT2D eigenvalue weighted by atomic mass is 10.1. The maximum Gasteiger partial charge on any atom is 0.213 e. The lowest BCUT2D eigenvalue weighted by Crippen LogP contribution is -1.92.